The fourth-order valence-corrected chi connectivity index (χ4v) is 1.85. The summed E-state index contributed by atoms with van der Waals surface area (Å²) in [5.41, 5.74) is 7.93. The molecule has 1 saturated carbocycles. The summed E-state index contributed by atoms with van der Waals surface area (Å²) in [5, 5.41) is 0. The van der Waals surface area contributed by atoms with Gasteiger partial charge in [0.05, 0.1) is 0 Å². The van der Waals surface area contributed by atoms with Crippen LogP contribution >= 0.6 is 0 Å². The van der Waals surface area contributed by atoms with Crippen molar-refractivity contribution in [1.29, 1.82) is 0 Å². The summed E-state index contributed by atoms with van der Waals surface area (Å²) in [6, 6.07) is 8.11. The third-order valence-electron chi connectivity index (χ3n) is 2.89. The van der Waals surface area contributed by atoms with E-state index in [0.29, 0.717) is 17.7 Å². The van der Waals surface area contributed by atoms with Gasteiger partial charge in [-0.1, -0.05) is 23.8 Å². The number of hydrogen-bond donors (Lipinski definition) is 1. The van der Waals surface area contributed by atoms with Gasteiger partial charge in [-0.25, -0.2) is 4.98 Å². The maximum atomic E-state index is 5.74. The van der Waals surface area contributed by atoms with E-state index in [9.17, 15) is 0 Å². The standard InChI is InChI=1S/C13H14N4/c1-8-3-2-4-10(7-8)12-15-11(9-5-6-9)16-13(14)17-12/h2-4,7,9H,5-6H2,1H3,(H2,14,15,16,17). The van der Waals surface area contributed by atoms with Gasteiger partial charge in [-0.2, -0.15) is 9.97 Å². The Hall–Kier alpha value is -1.97. The van der Waals surface area contributed by atoms with E-state index in [1.807, 2.05) is 12.1 Å². The zero-order chi connectivity index (χ0) is 11.8. The molecule has 1 aliphatic rings. The molecule has 0 aliphatic heterocycles. The quantitative estimate of drug-likeness (QED) is 0.853. The van der Waals surface area contributed by atoms with Crippen LogP contribution in [0.1, 0.15) is 30.1 Å². The fourth-order valence-electron chi connectivity index (χ4n) is 1.85. The number of anilines is 1. The maximum Gasteiger partial charge on any atom is 0.223 e. The summed E-state index contributed by atoms with van der Waals surface area (Å²) in [4.78, 5) is 12.9. The summed E-state index contributed by atoms with van der Waals surface area (Å²) in [5.74, 6) is 2.33. The lowest BCUT2D eigenvalue weighted by atomic mass is 10.1. The normalized spacial score (nSPS) is 14.9. The van der Waals surface area contributed by atoms with Crippen molar-refractivity contribution in [2.75, 3.05) is 5.73 Å². The number of nitrogens with zero attached hydrogens (tertiary/aromatic N) is 3. The Morgan fingerprint density at radius 1 is 1.18 bits per heavy atom. The molecular weight excluding hydrogens is 212 g/mol. The van der Waals surface area contributed by atoms with Crippen LogP contribution in [0.3, 0.4) is 0 Å². The van der Waals surface area contributed by atoms with Crippen molar-refractivity contribution in [3.05, 3.63) is 35.7 Å². The second-order valence-electron chi connectivity index (χ2n) is 4.52. The highest BCUT2D eigenvalue weighted by atomic mass is 15.1. The first kappa shape index (κ1) is 10.2. The molecular formula is C13H14N4. The molecule has 3 rings (SSSR count). The van der Waals surface area contributed by atoms with Gasteiger partial charge in [-0.05, 0) is 25.8 Å². The molecule has 4 nitrogen and oxygen atoms in total. The third kappa shape index (κ3) is 2.11. The topological polar surface area (TPSA) is 64.7 Å². The smallest absolute Gasteiger partial charge is 0.223 e. The Morgan fingerprint density at radius 3 is 2.71 bits per heavy atom. The molecule has 2 N–H and O–H groups in total. The molecule has 1 aliphatic carbocycles. The van der Waals surface area contributed by atoms with E-state index >= 15 is 0 Å². The molecule has 0 atom stereocenters. The van der Waals surface area contributed by atoms with Crippen LogP contribution in [0.15, 0.2) is 24.3 Å². The molecule has 4 heteroatoms. The summed E-state index contributed by atoms with van der Waals surface area (Å²) in [6.45, 7) is 2.05. The lowest BCUT2D eigenvalue weighted by Crippen LogP contribution is -2.04. The van der Waals surface area contributed by atoms with Gasteiger partial charge in [-0.15, -0.1) is 0 Å². The van der Waals surface area contributed by atoms with Gasteiger partial charge in [0, 0.05) is 11.5 Å². The Kier molecular flexibility index (Phi) is 2.28. The minimum atomic E-state index is 0.318. The largest absolute Gasteiger partial charge is 0.368 e. The minimum Gasteiger partial charge on any atom is -0.368 e. The van der Waals surface area contributed by atoms with Crippen LogP contribution in [-0.2, 0) is 0 Å². The van der Waals surface area contributed by atoms with Crippen LogP contribution in [0, 0.1) is 6.92 Å². The molecule has 0 radical (unpaired) electrons. The van der Waals surface area contributed by atoms with Crippen molar-refractivity contribution in [3.8, 4) is 11.4 Å². The first-order valence-corrected chi connectivity index (χ1v) is 5.81. The molecule has 0 unspecified atom stereocenters. The third-order valence-corrected chi connectivity index (χ3v) is 2.89. The molecule has 86 valence electrons. The Balaban J connectivity index is 2.07. The van der Waals surface area contributed by atoms with Crippen LogP contribution in [0.25, 0.3) is 11.4 Å². The molecule has 1 heterocycles. The van der Waals surface area contributed by atoms with Crippen LogP contribution < -0.4 is 5.73 Å². The summed E-state index contributed by atoms with van der Waals surface area (Å²) in [7, 11) is 0. The van der Waals surface area contributed by atoms with Gasteiger partial charge in [0.1, 0.15) is 5.82 Å². The summed E-state index contributed by atoms with van der Waals surface area (Å²) in [6.07, 6.45) is 2.33. The van der Waals surface area contributed by atoms with Gasteiger partial charge in [0.15, 0.2) is 5.82 Å². The molecule has 1 aromatic carbocycles. The fraction of sp³-hybridized carbons (Fsp3) is 0.308. The summed E-state index contributed by atoms with van der Waals surface area (Å²) >= 11 is 0. The van der Waals surface area contributed by atoms with E-state index in [-0.39, 0.29) is 0 Å². The minimum absolute atomic E-state index is 0.318. The number of aromatic nitrogens is 3. The molecule has 1 fully saturated rings. The van der Waals surface area contributed by atoms with Gasteiger partial charge in [0.2, 0.25) is 5.95 Å². The highest BCUT2D eigenvalue weighted by molar-refractivity contribution is 5.57. The van der Waals surface area contributed by atoms with Crippen molar-refractivity contribution in [2.24, 2.45) is 0 Å². The van der Waals surface area contributed by atoms with Crippen LogP contribution in [-0.4, -0.2) is 15.0 Å². The van der Waals surface area contributed by atoms with Crippen LogP contribution in [0.4, 0.5) is 5.95 Å². The van der Waals surface area contributed by atoms with E-state index in [0.717, 1.165) is 24.2 Å². The Labute approximate surface area is 99.9 Å². The predicted molar refractivity (Wildman–Crippen MR) is 66.4 cm³/mol. The zero-order valence-electron chi connectivity index (χ0n) is 9.72. The first-order chi connectivity index (χ1) is 8.22. The van der Waals surface area contributed by atoms with Gasteiger partial charge in [-0.3, -0.25) is 0 Å². The van der Waals surface area contributed by atoms with Gasteiger partial charge < -0.3 is 5.73 Å². The average molecular weight is 226 g/mol. The first-order valence-electron chi connectivity index (χ1n) is 5.81. The lowest BCUT2D eigenvalue weighted by molar-refractivity contribution is 0.902. The number of nitrogen functional groups attached to an aromatic ring is 1. The van der Waals surface area contributed by atoms with Gasteiger partial charge >= 0.3 is 0 Å². The molecule has 1 aromatic heterocycles. The van der Waals surface area contributed by atoms with E-state index < -0.39 is 0 Å². The maximum absolute atomic E-state index is 5.74. The number of nitrogens with two attached hydrogens (primary N) is 1. The zero-order valence-corrected chi connectivity index (χ0v) is 9.72. The van der Waals surface area contributed by atoms with Crippen molar-refractivity contribution >= 4 is 5.95 Å². The number of benzene rings is 1. The Morgan fingerprint density at radius 2 is 2.00 bits per heavy atom. The second kappa shape index (κ2) is 3.80. The molecule has 2 aromatic rings. The van der Waals surface area contributed by atoms with Crippen molar-refractivity contribution in [2.45, 2.75) is 25.7 Å². The highest BCUT2D eigenvalue weighted by Gasteiger charge is 2.27. The predicted octanol–water partition coefficient (Wildman–Crippen LogP) is 2.31. The highest BCUT2D eigenvalue weighted by Crippen LogP contribution is 2.38. The van der Waals surface area contributed by atoms with E-state index in [1.54, 1.807) is 0 Å². The van der Waals surface area contributed by atoms with E-state index in [2.05, 4.69) is 34.0 Å². The van der Waals surface area contributed by atoms with E-state index in [4.69, 9.17) is 5.73 Å². The van der Waals surface area contributed by atoms with Crippen molar-refractivity contribution < 1.29 is 0 Å². The number of rotatable bonds is 2. The summed E-state index contributed by atoms with van der Waals surface area (Å²) < 4.78 is 0. The van der Waals surface area contributed by atoms with E-state index in [1.165, 1.54) is 5.56 Å². The van der Waals surface area contributed by atoms with Crippen LogP contribution in [0.5, 0.6) is 0 Å². The number of hydrogen-bond acceptors (Lipinski definition) is 4. The molecule has 17 heavy (non-hydrogen) atoms. The molecule has 0 bridgehead atoms. The van der Waals surface area contributed by atoms with Crippen LogP contribution in [0.2, 0.25) is 0 Å². The number of aryl methyl sites for hydroxylation is 1. The van der Waals surface area contributed by atoms with Crippen molar-refractivity contribution in [3.63, 3.8) is 0 Å². The molecule has 0 amide bonds. The molecule has 0 spiro atoms. The monoisotopic (exact) mass is 226 g/mol. The SMILES string of the molecule is Cc1cccc(-c2nc(N)nc(C3CC3)n2)c1. The molecule has 0 saturated heterocycles. The lowest BCUT2D eigenvalue weighted by Gasteiger charge is -2.04. The average Bonchev–Trinajstić information content (AvgIpc) is 3.12. The van der Waals surface area contributed by atoms with Crippen molar-refractivity contribution in [1.82, 2.24) is 15.0 Å². The Bertz CT molecular complexity index is 561. The van der Waals surface area contributed by atoms with Gasteiger partial charge in [0.25, 0.3) is 0 Å². The second-order valence-corrected chi connectivity index (χ2v) is 4.52.